The summed E-state index contributed by atoms with van der Waals surface area (Å²) in [6.45, 7) is 5.97. The molecule has 0 N–H and O–H groups in total. The molecule has 0 bridgehead atoms. The van der Waals surface area contributed by atoms with E-state index in [0.717, 1.165) is 23.1 Å². The fourth-order valence-electron chi connectivity index (χ4n) is 1.80. The van der Waals surface area contributed by atoms with E-state index < -0.39 is 0 Å². The molecule has 0 unspecified atom stereocenters. The lowest BCUT2D eigenvalue weighted by Gasteiger charge is -2.11. The highest BCUT2D eigenvalue weighted by Crippen LogP contribution is 2.25. The molecule has 0 aliphatic carbocycles. The lowest BCUT2D eigenvalue weighted by atomic mass is 9.98. The van der Waals surface area contributed by atoms with Crippen LogP contribution in [0.3, 0.4) is 0 Å². The summed E-state index contributed by atoms with van der Waals surface area (Å²) in [5, 5.41) is 0. The second-order valence-electron chi connectivity index (χ2n) is 3.83. The summed E-state index contributed by atoms with van der Waals surface area (Å²) < 4.78 is 5.25. The quantitative estimate of drug-likeness (QED) is 0.706. The van der Waals surface area contributed by atoms with Gasteiger partial charge < -0.3 is 4.74 Å². The van der Waals surface area contributed by atoms with E-state index in [1.165, 1.54) is 0 Å². The second kappa shape index (κ2) is 4.96. The topological polar surface area (TPSA) is 26.3 Å². The largest absolute Gasteiger partial charge is 0.496 e. The minimum absolute atomic E-state index is 0.173. The summed E-state index contributed by atoms with van der Waals surface area (Å²) in [7, 11) is 1.61. The third kappa shape index (κ3) is 2.58. The average Bonchev–Trinajstić information content (AvgIpc) is 2.16. The Balaban J connectivity index is 3.20. The lowest BCUT2D eigenvalue weighted by Crippen LogP contribution is -2.04. The SMILES string of the molecule is CCCC(=O)c1c(C)cc(C)cc1OC. The van der Waals surface area contributed by atoms with Gasteiger partial charge in [0.05, 0.1) is 12.7 Å². The van der Waals surface area contributed by atoms with Crippen LogP contribution in [0, 0.1) is 13.8 Å². The van der Waals surface area contributed by atoms with E-state index in [2.05, 4.69) is 0 Å². The highest BCUT2D eigenvalue weighted by molar-refractivity contribution is 6.00. The first-order chi connectivity index (χ1) is 7.10. The molecule has 2 heteroatoms. The Morgan fingerprint density at radius 1 is 1.33 bits per heavy atom. The predicted octanol–water partition coefficient (Wildman–Crippen LogP) is 3.29. The van der Waals surface area contributed by atoms with Crippen LogP contribution in [0.25, 0.3) is 0 Å². The summed E-state index contributed by atoms with van der Waals surface area (Å²) in [5.74, 6) is 0.873. The third-order valence-electron chi connectivity index (χ3n) is 2.42. The number of ketones is 1. The Kier molecular flexibility index (Phi) is 3.89. The molecule has 1 aromatic rings. The van der Waals surface area contributed by atoms with Gasteiger partial charge in [-0.2, -0.15) is 0 Å². The van der Waals surface area contributed by atoms with Crippen molar-refractivity contribution in [3.05, 3.63) is 28.8 Å². The van der Waals surface area contributed by atoms with Gasteiger partial charge in [0, 0.05) is 6.42 Å². The molecule has 0 saturated carbocycles. The molecule has 0 radical (unpaired) electrons. The highest BCUT2D eigenvalue weighted by atomic mass is 16.5. The van der Waals surface area contributed by atoms with E-state index >= 15 is 0 Å². The zero-order valence-corrected chi connectivity index (χ0v) is 9.89. The van der Waals surface area contributed by atoms with E-state index in [9.17, 15) is 4.79 Å². The number of methoxy groups -OCH3 is 1. The van der Waals surface area contributed by atoms with Gasteiger partial charge in [-0.05, 0) is 37.5 Å². The molecule has 2 nitrogen and oxygen atoms in total. The van der Waals surface area contributed by atoms with Gasteiger partial charge in [0.1, 0.15) is 5.75 Å². The number of aryl methyl sites for hydroxylation is 2. The number of ether oxygens (including phenoxy) is 1. The van der Waals surface area contributed by atoms with Crippen LogP contribution in [0.2, 0.25) is 0 Å². The molecule has 0 saturated heterocycles. The Morgan fingerprint density at radius 2 is 2.00 bits per heavy atom. The van der Waals surface area contributed by atoms with Gasteiger partial charge in [0.15, 0.2) is 5.78 Å². The molecule has 0 aliphatic heterocycles. The Hall–Kier alpha value is -1.31. The van der Waals surface area contributed by atoms with Crippen molar-refractivity contribution in [1.29, 1.82) is 0 Å². The summed E-state index contributed by atoms with van der Waals surface area (Å²) in [6, 6.07) is 3.93. The van der Waals surface area contributed by atoms with E-state index in [-0.39, 0.29) is 5.78 Å². The normalized spacial score (nSPS) is 10.1. The number of rotatable bonds is 4. The number of hydrogen-bond acceptors (Lipinski definition) is 2. The molecular formula is C13H18O2. The van der Waals surface area contributed by atoms with Crippen molar-refractivity contribution < 1.29 is 9.53 Å². The first-order valence-electron chi connectivity index (χ1n) is 5.28. The number of hydrogen-bond donors (Lipinski definition) is 0. The summed E-state index contributed by atoms with van der Waals surface area (Å²) in [4.78, 5) is 11.9. The molecule has 0 atom stereocenters. The maximum Gasteiger partial charge on any atom is 0.166 e. The molecule has 0 spiro atoms. The van der Waals surface area contributed by atoms with Crippen LogP contribution < -0.4 is 4.74 Å². The Morgan fingerprint density at radius 3 is 2.53 bits per heavy atom. The van der Waals surface area contributed by atoms with Crippen molar-refractivity contribution in [2.24, 2.45) is 0 Å². The lowest BCUT2D eigenvalue weighted by molar-refractivity contribution is 0.0978. The standard InChI is InChI=1S/C13H18O2/c1-5-6-11(14)13-10(3)7-9(2)8-12(13)15-4/h7-8H,5-6H2,1-4H3. The van der Waals surface area contributed by atoms with Crippen LogP contribution in [-0.4, -0.2) is 12.9 Å². The van der Waals surface area contributed by atoms with Crippen LogP contribution in [-0.2, 0) is 0 Å². The van der Waals surface area contributed by atoms with E-state index in [4.69, 9.17) is 4.74 Å². The number of benzene rings is 1. The molecule has 0 aromatic heterocycles. The third-order valence-corrected chi connectivity index (χ3v) is 2.42. The summed E-state index contributed by atoms with van der Waals surface area (Å²) in [5.41, 5.74) is 2.87. The summed E-state index contributed by atoms with van der Waals surface area (Å²) >= 11 is 0. The van der Waals surface area contributed by atoms with Gasteiger partial charge in [-0.1, -0.05) is 13.0 Å². The monoisotopic (exact) mass is 206 g/mol. The fourth-order valence-corrected chi connectivity index (χ4v) is 1.80. The zero-order chi connectivity index (χ0) is 11.4. The minimum Gasteiger partial charge on any atom is -0.496 e. The van der Waals surface area contributed by atoms with Crippen LogP contribution in [0.5, 0.6) is 5.75 Å². The molecule has 0 aliphatic rings. The Labute approximate surface area is 91.3 Å². The predicted molar refractivity (Wildman–Crippen MR) is 61.7 cm³/mol. The maximum absolute atomic E-state index is 11.9. The molecule has 82 valence electrons. The molecule has 15 heavy (non-hydrogen) atoms. The highest BCUT2D eigenvalue weighted by Gasteiger charge is 2.14. The molecule has 0 heterocycles. The average molecular weight is 206 g/mol. The van der Waals surface area contributed by atoms with Crippen molar-refractivity contribution in [2.75, 3.05) is 7.11 Å². The van der Waals surface area contributed by atoms with Gasteiger partial charge in [0.2, 0.25) is 0 Å². The molecule has 0 fully saturated rings. The van der Waals surface area contributed by atoms with Crippen molar-refractivity contribution >= 4 is 5.78 Å². The van der Waals surface area contributed by atoms with E-state index in [0.29, 0.717) is 12.2 Å². The van der Waals surface area contributed by atoms with Gasteiger partial charge in [0.25, 0.3) is 0 Å². The Bertz CT molecular complexity index is 367. The zero-order valence-electron chi connectivity index (χ0n) is 9.89. The number of Topliss-reactive ketones (excluding diaryl/α,β-unsaturated/α-hetero) is 1. The summed E-state index contributed by atoms with van der Waals surface area (Å²) in [6.07, 6.45) is 1.45. The van der Waals surface area contributed by atoms with Gasteiger partial charge in [-0.15, -0.1) is 0 Å². The second-order valence-corrected chi connectivity index (χ2v) is 3.83. The van der Waals surface area contributed by atoms with Crippen molar-refractivity contribution in [3.63, 3.8) is 0 Å². The van der Waals surface area contributed by atoms with Crippen LogP contribution in [0.15, 0.2) is 12.1 Å². The van der Waals surface area contributed by atoms with Crippen LogP contribution >= 0.6 is 0 Å². The molecule has 0 amide bonds. The van der Waals surface area contributed by atoms with Gasteiger partial charge in [-0.25, -0.2) is 0 Å². The number of carbonyl (C=O) groups excluding carboxylic acids is 1. The number of carbonyl (C=O) groups is 1. The molecular weight excluding hydrogens is 188 g/mol. The molecule has 1 aromatic carbocycles. The van der Waals surface area contributed by atoms with Crippen LogP contribution in [0.1, 0.15) is 41.3 Å². The fraction of sp³-hybridized carbons (Fsp3) is 0.462. The van der Waals surface area contributed by atoms with Crippen molar-refractivity contribution in [1.82, 2.24) is 0 Å². The van der Waals surface area contributed by atoms with Crippen LogP contribution in [0.4, 0.5) is 0 Å². The minimum atomic E-state index is 0.173. The van der Waals surface area contributed by atoms with E-state index in [1.54, 1.807) is 7.11 Å². The van der Waals surface area contributed by atoms with Crippen molar-refractivity contribution in [2.45, 2.75) is 33.6 Å². The maximum atomic E-state index is 11.9. The smallest absolute Gasteiger partial charge is 0.166 e. The van der Waals surface area contributed by atoms with Gasteiger partial charge in [-0.3, -0.25) is 4.79 Å². The van der Waals surface area contributed by atoms with E-state index in [1.807, 2.05) is 32.9 Å². The molecule has 1 rings (SSSR count). The van der Waals surface area contributed by atoms with Gasteiger partial charge >= 0.3 is 0 Å². The van der Waals surface area contributed by atoms with Crippen molar-refractivity contribution in [3.8, 4) is 5.75 Å². The first kappa shape index (κ1) is 11.8. The first-order valence-corrected chi connectivity index (χ1v) is 5.28.